The van der Waals surface area contributed by atoms with E-state index in [0.29, 0.717) is 10.6 Å². The smallest absolute Gasteiger partial charge is 0.305 e. The van der Waals surface area contributed by atoms with Crippen LogP contribution in [0, 0.1) is 0 Å². The second kappa shape index (κ2) is 10.9. The van der Waals surface area contributed by atoms with Gasteiger partial charge in [0.05, 0.1) is 43.5 Å². The van der Waals surface area contributed by atoms with Crippen LogP contribution in [0.5, 0.6) is 0 Å². The van der Waals surface area contributed by atoms with Crippen LogP contribution in [0.1, 0.15) is 60.0 Å². The Bertz CT molecular complexity index is 973. The van der Waals surface area contributed by atoms with Crippen LogP contribution in [0.4, 0.5) is 0 Å². The molecule has 33 heavy (non-hydrogen) atoms. The van der Waals surface area contributed by atoms with E-state index in [2.05, 4.69) is 23.0 Å². The van der Waals surface area contributed by atoms with Crippen molar-refractivity contribution in [2.75, 3.05) is 26.4 Å². The molecule has 0 N–H and O–H groups in total. The van der Waals surface area contributed by atoms with Gasteiger partial charge in [0.2, 0.25) is 0 Å². The number of hydrogen-bond donors (Lipinski definition) is 0. The maximum absolute atomic E-state index is 13.5. The Morgan fingerprint density at radius 2 is 1.06 bits per heavy atom. The van der Waals surface area contributed by atoms with Gasteiger partial charge in [0.15, 0.2) is 24.5 Å². The van der Waals surface area contributed by atoms with E-state index in [0.717, 1.165) is 17.8 Å². The molecule has 0 amide bonds. The summed E-state index contributed by atoms with van der Waals surface area (Å²) in [6.07, 6.45) is 4.76. The Morgan fingerprint density at radius 1 is 0.727 bits per heavy atom. The molecule has 0 aliphatic carbocycles. The molecule has 8 nitrogen and oxygen atoms in total. The van der Waals surface area contributed by atoms with Crippen molar-refractivity contribution in [3.8, 4) is 11.4 Å². The van der Waals surface area contributed by atoms with Gasteiger partial charge in [0, 0.05) is 24.3 Å². The summed E-state index contributed by atoms with van der Waals surface area (Å²) in [5.74, 6) is 0. The third-order valence-corrected chi connectivity index (χ3v) is 9.87. The first-order valence-electron chi connectivity index (χ1n) is 11.6. The molecule has 0 aromatic carbocycles. The highest BCUT2D eigenvalue weighted by Crippen LogP contribution is 2.48. The lowest BCUT2D eigenvalue weighted by molar-refractivity contribution is -0.715. The molecule has 1 aliphatic rings. The third-order valence-electron chi connectivity index (χ3n) is 5.66. The number of rotatable bonds is 10. The van der Waals surface area contributed by atoms with Crippen LogP contribution < -0.4 is 19.7 Å². The van der Waals surface area contributed by atoms with Crippen molar-refractivity contribution in [3.05, 3.63) is 36.7 Å². The molecule has 0 bridgehead atoms. The zero-order valence-electron chi connectivity index (χ0n) is 20.4. The molecule has 2 atom stereocenters. The Hall–Kier alpha value is -1.40. The van der Waals surface area contributed by atoms with Crippen LogP contribution in [0.2, 0.25) is 0 Å². The van der Waals surface area contributed by atoms with E-state index < -0.39 is 15.2 Å². The van der Waals surface area contributed by atoms with E-state index in [4.69, 9.17) is 18.1 Å². The van der Waals surface area contributed by atoms with E-state index in [1.165, 1.54) is 0 Å². The molecule has 0 fully saturated rings. The lowest BCUT2D eigenvalue weighted by Gasteiger charge is -2.18. The van der Waals surface area contributed by atoms with Crippen molar-refractivity contribution < 1.29 is 36.4 Å². The fourth-order valence-electron chi connectivity index (χ4n) is 4.29. The Morgan fingerprint density at radius 3 is 1.36 bits per heavy atom. The zero-order chi connectivity index (χ0) is 24.2. The summed E-state index contributed by atoms with van der Waals surface area (Å²) in [5, 5.41) is 0.989. The van der Waals surface area contributed by atoms with Gasteiger partial charge in [-0.05, 0) is 41.5 Å². The molecule has 2 aromatic rings. The molecule has 3 heterocycles. The van der Waals surface area contributed by atoms with Gasteiger partial charge < -0.3 is 18.1 Å². The topological polar surface area (TPSA) is 78.8 Å². The van der Waals surface area contributed by atoms with Crippen LogP contribution in [-0.2, 0) is 27.2 Å². The Kier molecular flexibility index (Phi) is 8.66. The Labute approximate surface area is 196 Å². The van der Waals surface area contributed by atoms with Gasteiger partial charge in [0.25, 0.3) is 11.4 Å². The summed E-state index contributed by atoms with van der Waals surface area (Å²) in [7, 11) is -6.94. The quantitative estimate of drug-likeness (QED) is 0.360. The second-order valence-corrected chi connectivity index (χ2v) is 12.0. The lowest BCUT2D eigenvalue weighted by Crippen LogP contribution is -2.41. The largest absolute Gasteiger partial charge is 0.361 e. The summed E-state index contributed by atoms with van der Waals surface area (Å²) in [4.78, 5) is 0. The van der Waals surface area contributed by atoms with Crippen molar-refractivity contribution in [1.82, 2.24) is 0 Å². The molecular formula is C23H36N2O6P2+2. The average molecular weight is 498 g/mol. The molecular weight excluding hydrogens is 462 g/mol. The zero-order valence-corrected chi connectivity index (χ0v) is 22.2. The first-order chi connectivity index (χ1) is 15.7. The van der Waals surface area contributed by atoms with E-state index in [1.54, 1.807) is 27.7 Å². The highest BCUT2D eigenvalue weighted by atomic mass is 31.2. The fraction of sp³-hybridized carbons (Fsp3) is 0.565. The average Bonchev–Trinajstić information content (AvgIpc) is 2.88. The van der Waals surface area contributed by atoms with Crippen LogP contribution in [0.25, 0.3) is 11.4 Å². The van der Waals surface area contributed by atoms with Crippen LogP contribution >= 0.6 is 15.2 Å². The molecule has 0 spiro atoms. The van der Waals surface area contributed by atoms with Crippen molar-refractivity contribution in [3.63, 3.8) is 0 Å². The highest BCUT2D eigenvalue weighted by Gasteiger charge is 2.40. The molecule has 2 aromatic heterocycles. The van der Waals surface area contributed by atoms with E-state index in [1.807, 2.05) is 36.7 Å². The van der Waals surface area contributed by atoms with Crippen LogP contribution in [0.3, 0.4) is 0 Å². The van der Waals surface area contributed by atoms with Crippen molar-refractivity contribution in [2.45, 2.75) is 60.0 Å². The molecule has 0 radical (unpaired) electrons. The van der Waals surface area contributed by atoms with E-state index >= 15 is 0 Å². The molecule has 182 valence electrons. The van der Waals surface area contributed by atoms with E-state index in [-0.39, 0.29) is 38.5 Å². The minimum absolute atomic E-state index is 0.191. The first-order valence-corrected chi connectivity index (χ1v) is 14.7. The van der Waals surface area contributed by atoms with Crippen LogP contribution in [0.15, 0.2) is 36.7 Å². The van der Waals surface area contributed by atoms with Gasteiger partial charge in [-0.1, -0.05) is 0 Å². The van der Waals surface area contributed by atoms with Gasteiger partial charge in [-0.25, -0.2) is 0 Å². The number of fused-ring (bicyclic) bond motifs is 3. The molecule has 3 rings (SSSR count). The number of pyridine rings is 2. The van der Waals surface area contributed by atoms with Crippen molar-refractivity contribution >= 4 is 25.8 Å². The SMILES string of the molecule is CCOP(=O)(OCC)c1cc[n+]2c(c1)-c1cc(P(=O)(OCC)OCC)cc[n+]1C(C)CC2C. The maximum atomic E-state index is 13.5. The van der Waals surface area contributed by atoms with Gasteiger partial charge >= 0.3 is 15.2 Å². The number of hydrogen-bond acceptors (Lipinski definition) is 6. The van der Waals surface area contributed by atoms with Gasteiger partial charge in [0.1, 0.15) is 0 Å². The lowest BCUT2D eigenvalue weighted by atomic mass is 10.1. The first kappa shape index (κ1) is 26.2. The molecule has 10 heteroatoms. The fourth-order valence-corrected chi connectivity index (χ4v) is 7.46. The van der Waals surface area contributed by atoms with Crippen molar-refractivity contribution in [1.29, 1.82) is 0 Å². The molecule has 1 aliphatic heterocycles. The van der Waals surface area contributed by atoms with Crippen molar-refractivity contribution in [2.24, 2.45) is 0 Å². The molecule has 0 saturated carbocycles. The maximum Gasteiger partial charge on any atom is 0.361 e. The minimum atomic E-state index is -3.47. The van der Waals surface area contributed by atoms with Crippen LogP contribution in [-0.4, -0.2) is 26.4 Å². The predicted octanol–water partition coefficient (Wildman–Crippen LogP) is 4.24. The molecule has 0 saturated heterocycles. The molecule has 2 unspecified atom stereocenters. The van der Waals surface area contributed by atoms with E-state index in [9.17, 15) is 9.13 Å². The standard InChI is InChI=1S/C23H36N2O6P2/c1-7-28-32(26,29-8-2)20-11-13-24-18(5)15-19(6)25-14-12-21(17-23(25)22(24)16-20)33(27,30-9-3)31-10-4/h11-14,16-19H,7-10,15H2,1-6H3/q+2. The summed E-state index contributed by atoms with van der Waals surface area (Å²) < 4.78 is 53.6. The second-order valence-electron chi connectivity index (χ2n) is 7.95. The normalized spacial score (nSPS) is 18.5. The number of aromatic nitrogens is 2. The monoisotopic (exact) mass is 498 g/mol. The number of nitrogens with zero attached hydrogens (tertiary/aromatic N) is 2. The van der Waals surface area contributed by atoms with Gasteiger partial charge in [-0.15, -0.1) is 0 Å². The minimum Gasteiger partial charge on any atom is -0.305 e. The summed E-state index contributed by atoms with van der Waals surface area (Å²) in [6.45, 7) is 12.6. The third kappa shape index (κ3) is 5.32. The predicted molar refractivity (Wildman–Crippen MR) is 127 cm³/mol. The van der Waals surface area contributed by atoms with Gasteiger partial charge in [-0.2, -0.15) is 9.13 Å². The summed E-state index contributed by atoms with van der Waals surface area (Å²) in [6, 6.07) is 7.72. The van der Waals surface area contributed by atoms with Gasteiger partial charge in [-0.3, -0.25) is 9.13 Å². The summed E-state index contributed by atoms with van der Waals surface area (Å²) >= 11 is 0. The highest BCUT2D eigenvalue weighted by molar-refractivity contribution is 7.62. The summed E-state index contributed by atoms with van der Waals surface area (Å²) in [5.41, 5.74) is 1.68. The Balaban J connectivity index is 2.25.